The average Bonchev–Trinajstić information content (AvgIpc) is 2.96. The fourth-order valence-electron chi connectivity index (χ4n) is 2.02. The van der Waals surface area contributed by atoms with Crippen molar-refractivity contribution in [1.29, 1.82) is 0 Å². The molecule has 7 heteroatoms. The van der Waals surface area contributed by atoms with Crippen molar-refractivity contribution in [2.24, 2.45) is 5.92 Å². The second-order valence-electron chi connectivity index (χ2n) is 5.81. The molecule has 0 aliphatic carbocycles. The summed E-state index contributed by atoms with van der Waals surface area (Å²) < 4.78 is 2.52. The van der Waals surface area contributed by atoms with Gasteiger partial charge in [0.1, 0.15) is 0 Å². The van der Waals surface area contributed by atoms with Crippen LogP contribution in [0.5, 0.6) is 0 Å². The molecule has 0 atom stereocenters. The van der Waals surface area contributed by atoms with Gasteiger partial charge in [0.2, 0.25) is 0 Å². The zero-order valence-electron chi connectivity index (χ0n) is 14.0. The van der Waals surface area contributed by atoms with Crippen molar-refractivity contribution in [3.8, 4) is 0 Å². The minimum atomic E-state index is -0.290. The number of anilines is 1. The highest BCUT2D eigenvalue weighted by atomic mass is 79.9. The third-order valence-electron chi connectivity index (χ3n) is 3.33. The van der Waals surface area contributed by atoms with Crippen LogP contribution < -0.4 is 10.6 Å². The van der Waals surface area contributed by atoms with Crippen LogP contribution in [0.3, 0.4) is 0 Å². The lowest BCUT2D eigenvalue weighted by atomic mass is 10.2. The summed E-state index contributed by atoms with van der Waals surface area (Å²) in [7, 11) is 0. The smallest absolute Gasteiger partial charge is 0.273 e. The fraction of sp³-hybridized carbons (Fsp3) is 0.353. The SMILES string of the molecule is CCn1cc(NC(=O)c2ccc(Br)cc2)c(C(=O)NCC(C)C)n1. The van der Waals surface area contributed by atoms with Crippen LogP contribution in [0.1, 0.15) is 41.6 Å². The molecule has 2 rings (SSSR count). The largest absolute Gasteiger partial charge is 0.350 e. The Balaban J connectivity index is 2.19. The zero-order valence-corrected chi connectivity index (χ0v) is 15.6. The number of nitrogens with zero attached hydrogens (tertiary/aromatic N) is 2. The van der Waals surface area contributed by atoms with E-state index in [9.17, 15) is 9.59 Å². The Morgan fingerprint density at radius 1 is 1.21 bits per heavy atom. The molecule has 0 saturated carbocycles. The predicted octanol–water partition coefficient (Wildman–Crippen LogP) is 3.30. The number of benzene rings is 1. The van der Waals surface area contributed by atoms with Gasteiger partial charge in [-0.1, -0.05) is 29.8 Å². The Morgan fingerprint density at radius 2 is 1.88 bits per heavy atom. The molecule has 2 amide bonds. The lowest BCUT2D eigenvalue weighted by Gasteiger charge is -2.08. The van der Waals surface area contributed by atoms with Crippen molar-refractivity contribution in [3.63, 3.8) is 0 Å². The number of aryl methyl sites for hydroxylation is 1. The number of aromatic nitrogens is 2. The normalized spacial score (nSPS) is 10.7. The summed E-state index contributed by atoms with van der Waals surface area (Å²) in [5, 5.41) is 9.85. The van der Waals surface area contributed by atoms with Crippen molar-refractivity contribution in [2.45, 2.75) is 27.3 Å². The van der Waals surface area contributed by atoms with Gasteiger partial charge >= 0.3 is 0 Å². The summed E-state index contributed by atoms with van der Waals surface area (Å²) in [5.74, 6) is -0.235. The molecule has 0 aliphatic rings. The first kappa shape index (κ1) is 18.2. The number of carbonyl (C=O) groups is 2. The highest BCUT2D eigenvalue weighted by Gasteiger charge is 2.19. The van der Waals surface area contributed by atoms with Crippen molar-refractivity contribution < 1.29 is 9.59 Å². The van der Waals surface area contributed by atoms with Crippen LogP contribution in [0.4, 0.5) is 5.69 Å². The maximum atomic E-state index is 12.4. The summed E-state index contributed by atoms with van der Waals surface area (Å²) in [6.07, 6.45) is 1.67. The number of halogens is 1. The molecule has 2 N–H and O–H groups in total. The van der Waals surface area contributed by atoms with Gasteiger partial charge in [-0.25, -0.2) is 0 Å². The van der Waals surface area contributed by atoms with Gasteiger partial charge < -0.3 is 10.6 Å². The number of carbonyl (C=O) groups excluding carboxylic acids is 2. The van der Waals surface area contributed by atoms with Gasteiger partial charge in [0.25, 0.3) is 11.8 Å². The standard InChI is InChI=1S/C17H21BrN4O2/c1-4-22-10-14(15(21-22)17(24)19-9-11(2)3)20-16(23)12-5-7-13(18)8-6-12/h5-8,10-11H,4,9H2,1-3H3,(H,19,24)(H,20,23). The molecule has 0 aliphatic heterocycles. The summed E-state index contributed by atoms with van der Waals surface area (Å²) in [5.41, 5.74) is 1.14. The van der Waals surface area contributed by atoms with E-state index in [0.717, 1.165) is 4.47 Å². The van der Waals surface area contributed by atoms with Crippen LogP contribution in [-0.2, 0) is 6.54 Å². The molecule has 0 saturated heterocycles. The van der Waals surface area contributed by atoms with Crippen LogP contribution in [-0.4, -0.2) is 28.1 Å². The molecule has 0 radical (unpaired) electrons. The number of hydrogen-bond donors (Lipinski definition) is 2. The highest BCUT2D eigenvalue weighted by Crippen LogP contribution is 2.17. The van der Waals surface area contributed by atoms with E-state index in [2.05, 4.69) is 31.7 Å². The van der Waals surface area contributed by atoms with Crippen LogP contribution in [0, 0.1) is 5.92 Å². The monoisotopic (exact) mass is 392 g/mol. The summed E-state index contributed by atoms with van der Waals surface area (Å²) >= 11 is 3.34. The molecular weight excluding hydrogens is 372 g/mol. The van der Waals surface area contributed by atoms with Crippen molar-refractivity contribution in [2.75, 3.05) is 11.9 Å². The van der Waals surface area contributed by atoms with Crippen LogP contribution >= 0.6 is 15.9 Å². The van der Waals surface area contributed by atoms with Gasteiger partial charge in [-0.05, 0) is 37.1 Å². The Morgan fingerprint density at radius 3 is 2.46 bits per heavy atom. The fourth-order valence-corrected chi connectivity index (χ4v) is 2.28. The summed E-state index contributed by atoms with van der Waals surface area (Å²) in [6.45, 7) is 7.11. The van der Waals surface area contributed by atoms with E-state index in [1.807, 2.05) is 20.8 Å². The molecule has 0 bridgehead atoms. The Hall–Kier alpha value is -2.15. The first-order valence-electron chi connectivity index (χ1n) is 7.83. The molecule has 6 nitrogen and oxygen atoms in total. The van der Waals surface area contributed by atoms with Gasteiger partial charge in [0, 0.05) is 29.3 Å². The number of amides is 2. The zero-order chi connectivity index (χ0) is 17.7. The molecule has 2 aromatic rings. The number of nitrogens with one attached hydrogen (secondary N) is 2. The molecule has 1 aromatic heterocycles. The topological polar surface area (TPSA) is 76.0 Å². The van der Waals surface area contributed by atoms with Gasteiger partial charge in [0.15, 0.2) is 5.69 Å². The van der Waals surface area contributed by atoms with E-state index >= 15 is 0 Å². The third kappa shape index (κ3) is 4.67. The second kappa shape index (κ2) is 8.10. The number of hydrogen-bond acceptors (Lipinski definition) is 3. The lowest BCUT2D eigenvalue weighted by Crippen LogP contribution is -2.28. The molecule has 128 valence electrons. The Kier molecular flexibility index (Phi) is 6.14. The second-order valence-corrected chi connectivity index (χ2v) is 6.73. The van der Waals surface area contributed by atoms with Gasteiger partial charge in [-0.3, -0.25) is 14.3 Å². The molecule has 0 unspecified atom stereocenters. The summed E-state index contributed by atoms with van der Waals surface area (Å²) in [6, 6.07) is 7.01. The van der Waals surface area contributed by atoms with Gasteiger partial charge in [0.05, 0.1) is 5.69 Å². The molecule has 24 heavy (non-hydrogen) atoms. The minimum absolute atomic E-state index is 0.225. The van der Waals surface area contributed by atoms with E-state index in [4.69, 9.17) is 0 Å². The minimum Gasteiger partial charge on any atom is -0.350 e. The van der Waals surface area contributed by atoms with Crippen LogP contribution in [0.25, 0.3) is 0 Å². The molecular formula is C17H21BrN4O2. The summed E-state index contributed by atoms with van der Waals surface area (Å²) in [4.78, 5) is 24.7. The van der Waals surface area contributed by atoms with Crippen LogP contribution in [0.15, 0.2) is 34.9 Å². The predicted molar refractivity (Wildman–Crippen MR) is 97.2 cm³/mol. The highest BCUT2D eigenvalue weighted by molar-refractivity contribution is 9.10. The van der Waals surface area contributed by atoms with Gasteiger partial charge in [-0.2, -0.15) is 5.10 Å². The Bertz CT molecular complexity index is 723. The van der Waals surface area contributed by atoms with Crippen molar-refractivity contribution in [1.82, 2.24) is 15.1 Å². The first-order chi connectivity index (χ1) is 11.4. The van der Waals surface area contributed by atoms with E-state index in [0.29, 0.717) is 30.3 Å². The van der Waals surface area contributed by atoms with E-state index in [-0.39, 0.29) is 17.5 Å². The Labute approximate surface area is 149 Å². The van der Waals surface area contributed by atoms with Crippen molar-refractivity contribution >= 4 is 33.4 Å². The van der Waals surface area contributed by atoms with Crippen LogP contribution in [0.2, 0.25) is 0 Å². The third-order valence-corrected chi connectivity index (χ3v) is 3.85. The number of rotatable bonds is 6. The maximum Gasteiger partial charge on any atom is 0.273 e. The molecule has 0 fully saturated rings. The molecule has 1 heterocycles. The van der Waals surface area contributed by atoms with Crippen molar-refractivity contribution in [3.05, 3.63) is 46.2 Å². The molecule has 1 aromatic carbocycles. The van der Waals surface area contributed by atoms with Gasteiger partial charge in [-0.15, -0.1) is 0 Å². The van der Waals surface area contributed by atoms with E-state index < -0.39 is 0 Å². The lowest BCUT2D eigenvalue weighted by molar-refractivity contribution is 0.0944. The van der Waals surface area contributed by atoms with E-state index in [1.54, 1.807) is 35.1 Å². The van der Waals surface area contributed by atoms with E-state index in [1.165, 1.54) is 0 Å². The first-order valence-corrected chi connectivity index (χ1v) is 8.62. The average molecular weight is 393 g/mol. The maximum absolute atomic E-state index is 12.4. The molecule has 0 spiro atoms. The quantitative estimate of drug-likeness (QED) is 0.791.